The predicted molar refractivity (Wildman–Crippen MR) is 93.5 cm³/mol. The lowest BCUT2D eigenvalue weighted by Crippen LogP contribution is -2.31. The number of nitro groups is 1. The van der Waals surface area contributed by atoms with Crippen LogP contribution in [0.1, 0.15) is 29.6 Å². The maximum atomic E-state index is 13.8. The number of amides is 1. The highest BCUT2D eigenvalue weighted by atomic mass is 19.1. The molecule has 0 radical (unpaired) electrons. The fraction of sp³-hybridized carbons (Fsp3) is 0.278. The minimum atomic E-state index is -0.914. The van der Waals surface area contributed by atoms with E-state index in [9.17, 15) is 23.7 Å². The van der Waals surface area contributed by atoms with Gasteiger partial charge in [-0.1, -0.05) is 0 Å². The highest BCUT2D eigenvalue weighted by molar-refractivity contribution is 6.08. The highest BCUT2D eigenvalue weighted by Gasteiger charge is 2.22. The van der Waals surface area contributed by atoms with Gasteiger partial charge >= 0.3 is 0 Å². The lowest BCUT2D eigenvalue weighted by atomic mass is 10.1. The average Bonchev–Trinajstić information content (AvgIpc) is 2.64. The third kappa shape index (κ3) is 3.79. The Morgan fingerprint density at radius 3 is 2.46 bits per heavy atom. The average molecular weight is 361 g/mol. The first-order chi connectivity index (χ1) is 12.5. The van der Waals surface area contributed by atoms with Crippen molar-refractivity contribution in [3.63, 3.8) is 0 Å². The van der Waals surface area contributed by atoms with E-state index in [0.717, 1.165) is 44.5 Å². The van der Waals surface area contributed by atoms with Crippen molar-refractivity contribution in [2.24, 2.45) is 0 Å². The van der Waals surface area contributed by atoms with E-state index in [4.69, 9.17) is 0 Å². The third-order valence-electron chi connectivity index (χ3n) is 4.31. The molecule has 136 valence electrons. The van der Waals surface area contributed by atoms with Crippen molar-refractivity contribution in [1.82, 2.24) is 0 Å². The van der Waals surface area contributed by atoms with Crippen LogP contribution in [0, 0.1) is 21.7 Å². The first-order valence-electron chi connectivity index (χ1n) is 8.25. The molecule has 2 aromatic rings. The van der Waals surface area contributed by atoms with Gasteiger partial charge in [0.2, 0.25) is 0 Å². The standard InChI is InChI=1S/C18H17F2N3O3/c19-12-4-6-16(15(20)10-12)21-18(24)14-11-13(23(25)26)5-7-17(14)22-8-2-1-3-9-22/h4-7,10-11H,1-3,8-9H2,(H,21,24). The molecule has 0 atom stereocenters. The molecule has 0 saturated carbocycles. The molecule has 0 aliphatic carbocycles. The smallest absolute Gasteiger partial charge is 0.270 e. The van der Waals surface area contributed by atoms with Gasteiger partial charge in [-0.15, -0.1) is 0 Å². The molecular formula is C18H17F2N3O3. The number of rotatable bonds is 4. The largest absolute Gasteiger partial charge is 0.371 e. The number of nitrogens with zero attached hydrogens (tertiary/aromatic N) is 2. The molecule has 3 rings (SSSR count). The van der Waals surface area contributed by atoms with Crippen molar-refractivity contribution < 1.29 is 18.5 Å². The van der Waals surface area contributed by atoms with E-state index in [1.165, 1.54) is 12.1 Å². The highest BCUT2D eigenvalue weighted by Crippen LogP contribution is 2.29. The summed E-state index contributed by atoms with van der Waals surface area (Å²) in [6.07, 6.45) is 3.01. The van der Waals surface area contributed by atoms with Gasteiger partial charge in [-0.05, 0) is 37.5 Å². The maximum Gasteiger partial charge on any atom is 0.270 e. The fourth-order valence-corrected chi connectivity index (χ4v) is 3.01. The number of anilines is 2. The van der Waals surface area contributed by atoms with Crippen LogP contribution in [0.15, 0.2) is 36.4 Å². The van der Waals surface area contributed by atoms with Crippen LogP contribution >= 0.6 is 0 Å². The molecule has 6 nitrogen and oxygen atoms in total. The van der Waals surface area contributed by atoms with Gasteiger partial charge in [0.25, 0.3) is 11.6 Å². The number of benzene rings is 2. The summed E-state index contributed by atoms with van der Waals surface area (Å²) < 4.78 is 26.8. The number of nitrogens with one attached hydrogen (secondary N) is 1. The van der Waals surface area contributed by atoms with Crippen LogP contribution in [0.5, 0.6) is 0 Å². The molecule has 0 spiro atoms. The molecule has 0 unspecified atom stereocenters. The van der Waals surface area contributed by atoms with Crippen LogP contribution in [-0.2, 0) is 0 Å². The number of carbonyl (C=O) groups is 1. The second kappa shape index (κ2) is 7.47. The van der Waals surface area contributed by atoms with Crippen molar-refractivity contribution >= 4 is 23.0 Å². The van der Waals surface area contributed by atoms with Crippen LogP contribution in [-0.4, -0.2) is 23.9 Å². The molecule has 1 amide bonds. The van der Waals surface area contributed by atoms with Gasteiger partial charge in [0.1, 0.15) is 11.6 Å². The molecule has 1 saturated heterocycles. The number of piperidine rings is 1. The molecule has 1 N–H and O–H groups in total. The number of halogens is 2. The summed E-state index contributed by atoms with van der Waals surface area (Å²) in [5.41, 5.74) is 0.239. The molecule has 8 heteroatoms. The Kier molecular flexibility index (Phi) is 5.11. The SMILES string of the molecule is O=C(Nc1ccc(F)cc1F)c1cc([N+](=O)[O-])ccc1N1CCCCC1. The van der Waals surface area contributed by atoms with Crippen LogP contribution in [0.4, 0.5) is 25.8 Å². The van der Waals surface area contributed by atoms with Crippen molar-refractivity contribution in [2.45, 2.75) is 19.3 Å². The van der Waals surface area contributed by atoms with Gasteiger partial charge in [0.05, 0.1) is 21.9 Å². The second-order valence-electron chi connectivity index (χ2n) is 6.08. The minimum Gasteiger partial charge on any atom is -0.371 e. The van der Waals surface area contributed by atoms with Gasteiger partial charge in [0.15, 0.2) is 0 Å². The van der Waals surface area contributed by atoms with Crippen LogP contribution < -0.4 is 10.2 Å². The van der Waals surface area contributed by atoms with E-state index in [2.05, 4.69) is 5.32 Å². The van der Waals surface area contributed by atoms with E-state index in [0.29, 0.717) is 11.8 Å². The zero-order valence-electron chi connectivity index (χ0n) is 13.9. The lowest BCUT2D eigenvalue weighted by molar-refractivity contribution is -0.384. The summed E-state index contributed by atoms with van der Waals surface area (Å²) in [7, 11) is 0. The van der Waals surface area contributed by atoms with Crippen molar-refractivity contribution in [3.8, 4) is 0 Å². The predicted octanol–water partition coefficient (Wildman–Crippen LogP) is 4.12. The summed E-state index contributed by atoms with van der Waals surface area (Å²) >= 11 is 0. The molecule has 26 heavy (non-hydrogen) atoms. The topological polar surface area (TPSA) is 75.5 Å². The molecule has 0 bridgehead atoms. The van der Waals surface area contributed by atoms with E-state index in [-0.39, 0.29) is 16.9 Å². The lowest BCUT2D eigenvalue weighted by Gasteiger charge is -2.30. The monoisotopic (exact) mass is 361 g/mol. The molecule has 1 aliphatic rings. The Morgan fingerprint density at radius 1 is 1.08 bits per heavy atom. The van der Waals surface area contributed by atoms with Crippen molar-refractivity contribution in [1.29, 1.82) is 0 Å². The van der Waals surface area contributed by atoms with Gasteiger partial charge in [0, 0.05) is 31.3 Å². The zero-order valence-corrected chi connectivity index (χ0v) is 13.9. The fourth-order valence-electron chi connectivity index (χ4n) is 3.01. The van der Waals surface area contributed by atoms with E-state index in [1.54, 1.807) is 6.07 Å². The molecule has 2 aromatic carbocycles. The number of carbonyl (C=O) groups excluding carboxylic acids is 1. The van der Waals surface area contributed by atoms with E-state index in [1.807, 2.05) is 4.90 Å². The summed E-state index contributed by atoms with van der Waals surface area (Å²) in [6.45, 7) is 1.48. The van der Waals surface area contributed by atoms with Crippen LogP contribution in [0.3, 0.4) is 0 Å². The maximum absolute atomic E-state index is 13.8. The number of non-ortho nitro benzene ring substituents is 1. The number of hydrogen-bond acceptors (Lipinski definition) is 4. The molecule has 0 aromatic heterocycles. The number of nitro benzene ring substituents is 1. The second-order valence-corrected chi connectivity index (χ2v) is 6.08. The summed E-state index contributed by atoms with van der Waals surface area (Å²) in [5.74, 6) is -2.35. The molecular weight excluding hydrogens is 344 g/mol. The van der Waals surface area contributed by atoms with Gasteiger partial charge in [-0.2, -0.15) is 0 Å². The summed E-state index contributed by atoms with van der Waals surface area (Å²) in [4.78, 5) is 25.1. The minimum absolute atomic E-state index is 0.0878. The van der Waals surface area contributed by atoms with Crippen molar-refractivity contribution in [2.75, 3.05) is 23.3 Å². The van der Waals surface area contributed by atoms with E-state index < -0.39 is 22.5 Å². The molecule has 1 aliphatic heterocycles. The Hall–Kier alpha value is -3.03. The van der Waals surface area contributed by atoms with Crippen LogP contribution in [0.25, 0.3) is 0 Å². The molecule has 1 fully saturated rings. The Balaban J connectivity index is 1.95. The Bertz CT molecular complexity index is 852. The Labute approximate surface area is 148 Å². The van der Waals surface area contributed by atoms with Gasteiger partial charge in [-0.3, -0.25) is 14.9 Å². The van der Waals surface area contributed by atoms with Crippen molar-refractivity contribution in [3.05, 3.63) is 63.7 Å². The third-order valence-corrected chi connectivity index (χ3v) is 4.31. The summed E-state index contributed by atoms with van der Waals surface area (Å²) in [5, 5.41) is 13.4. The molecule has 1 heterocycles. The Morgan fingerprint density at radius 2 is 1.81 bits per heavy atom. The van der Waals surface area contributed by atoms with Gasteiger partial charge in [-0.25, -0.2) is 8.78 Å². The van der Waals surface area contributed by atoms with Crippen LogP contribution in [0.2, 0.25) is 0 Å². The summed E-state index contributed by atoms with van der Waals surface area (Å²) in [6, 6.07) is 6.87. The zero-order chi connectivity index (χ0) is 18.7. The normalized spacial score (nSPS) is 14.2. The van der Waals surface area contributed by atoms with E-state index >= 15 is 0 Å². The number of hydrogen-bond donors (Lipinski definition) is 1. The quantitative estimate of drug-likeness (QED) is 0.657. The first-order valence-corrected chi connectivity index (χ1v) is 8.25. The first kappa shape index (κ1) is 17.8. The van der Waals surface area contributed by atoms with Gasteiger partial charge < -0.3 is 10.2 Å².